The Labute approximate surface area is 177 Å². The molecule has 0 spiro atoms. The van der Waals surface area contributed by atoms with Gasteiger partial charge in [-0.15, -0.1) is 0 Å². The smallest absolute Gasteiger partial charge is 0.262 e. The fourth-order valence-electron chi connectivity index (χ4n) is 5.99. The summed E-state index contributed by atoms with van der Waals surface area (Å²) in [5.74, 6) is 0.00273. The Morgan fingerprint density at radius 1 is 1.14 bits per heavy atom. The highest BCUT2D eigenvalue weighted by Crippen LogP contribution is 2.52. The first-order valence-electron chi connectivity index (χ1n) is 10.4. The van der Waals surface area contributed by atoms with Crippen LogP contribution in [0.5, 0.6) is 0 Å². The van der Waals surface area contributed by atoms with E-state index in [9.17, 15) is 14.4 Å². The Bertz CT molecular complexity index is 832. The van der Waals surface area contributed by atoms with Crippen molar-refractivity contribution in [1.82, 2.24) is 9.80 Å². The van der Waals surface area contributed by atoms with Gasteiger partial charge in [0.2, 0.25) is 5.91 Å². The molecule has 0 aromatic heterocycles. The Morgan fingerprint density at radius 2 is 1.76 bits per heavy atom. The van der Waals surface area contributed by atoms with E-state index in [1.807, 2.05) is 11.2 Å². The van der Waals surface area contributed by atoms with Crippen LogP contribution in [-0.2, 0) is 4.79 Å². The van der Waals surface area contributed by atoms with E-state index in [0.717, 1.165) is 31.6 Å². The number of rotatable bonds is 5. The van der Waals surface area contributed by atoms with Gasteiger partial charge in [-0.2, -0.15) is 11.8 Å². The number of hydrogen-bond donors (Lipinski definition) is 0. The summed E-state index contributed by atoms with van der Waals surface area (Å²) in [4.78, 5) is 43.1. The molecule has 0 N–H and O–H groups in total. The molecule has 29 heavy (non-hydrogen) atoms. The molecule has 6 heteroatoms. The number of thioether (sulfide) groups is 1. The predicted octanol–water partition coefficient (Wildman–Crippen LogP) is 3.83. The van der Waals surface area contributed by atoms with Gasteiger partial charge in [0.15, 0.2) is 0 Å². The first-order valence-corrected chi connectivity index (χ1v) is 11.8. The average molecular weight is 415 g/mol. The molecule has 1 saturated heterocycles. The monoisotopic (exact) mass is 414 g/mol. The maximum Gasteiger partial charge on any atom is 0.262 e. The third-order valence-corrected chi connectivity index (χ3v) is 7.36. The molecule has 3 atom stereocenters. The predicted molar refractivity (Wildman–Crippen MR) is 115 cm³/mol. The Hall–Kier alpha value is -1.82. The van der Waals surface area contributed by atoms with Crippen LogP contribution in [0, 0.1) is 10.8 Å². The summed E-state index contributed by atoms with van der Waals surface area (Å²) in [6.45, 7) is 7.55. The molecular formula is C23H30N2O3S. The number of hydrogen-bond acceptors (Lipinski definition) is 4. The third-order valence-electron chi connectivity index (χ3n) is 6.72. The van der Waals surface area contributed by atoms with E-state index in [4.69, 9.17) is 0 Å². The van der Waals surface area contributed by atoms with Gasteiger partial charge in [-0.05, 0) is 60.7 Å². The van der Waals surface area contributed by atoms with Crippen molar-refractivity contribution in [1.29, 1.82) is 0 Å². The molecular weight excluding hydrogens is 384 g/mol. The maximum atomic E-state index is 13.7. The summed E-state index contributed by atoms with van der Waals surface area (Å²) in [5, 5.41) is 0. The fourth-order valence-corrected chi connectivity index (χ4v) is 6.45. The third kappa shape index (κ3) is 3.49. The lowest BCUT2D eigenvalue weighted by Gasteiger charge is -2.39. The molecule has 2 fully saturated rings. The molecule has 1 aromatic rings. The van der Waals surface area contributed by atoms with Crippen LogP contribution in [0.4, 0.5) is 0 Å². The minimum Gasteiger partial charge on any atom is -0.337 e. The van der Waals surface area contributed by atoms with E-state index >= 15 is 0 Å². The fraction of sp³-hybridized carbons (Fsp3) is 0.609. The van der Waals surface area contributed by atoms with Crippen LogP contribution in [0.1, 0.15) is 67.2 Å². The van der Waals surface area contributed by atoms with Gasteiger partial charge in [-0.1, -0.05) is 32.9 Å². The van der Waals surface area contributed by atoms with Crippen LogP contribution in [-0.4, -0.2) is 58.2 Å². The number of imide groups is 1. The van der Waals surface area contributed by atoms with Gasteiger partial charge in [0.25, 0.3) is 11.8 Å². The zero-order valence-corrected chi connectivity index (χ0v) is 18.6. The van der Waals surface area contributed by atoms with E-state index in [2.05, 4.69) is 20.8 Å². The Kier molecular flexibility index (Phi) is 5.04. The van der Waals surface area contributed by atoms with E-state index < -0.39 is 6.04 Å². The number of carbonyl (C=O) groups excluding carboxylic acids is 3. The van der Waals surface area contributed by atoms with Gasteiger partial charge < -0.3 is 4.90 Å². The van der Waals surface area contributed by atoms with Crippen LogP contribution >= 0.6 is 11.8 Å². The first-order chi connectivity index (χ1) is 13.7. The normalized spacial score (nSPS) is 28.6. The molecule has 3 amide bonds. The van der Waals surface area contributed by atoms with E-state index in [0.29, 0.717) is 17.5 Å². The van der Waals surface area contributed by atoms with E-state index in [1.165, 1.54) is 4.90 Å². The topological polar surface area (TPSA) is 57.7 Å². The van der Waals surface area contributed by atoms with Crippen LogP contribution in [0.2, 0.25) is 0 Å². The van der Waals surface area contributed by atoms with Crippen molar-refractivity contribution >= 4 is 29.5 Å². The second kappa shape index (κ2) is 7.15. The molecule has 3 aliphatic rings. The van der Waals surface area contributed by atoms with E-state index in [1.54, 1.807) is 36.0 Å². The van der Waals surface area contributed by atoms with E-state index in [-0.39, 0.29) is 34.6 Å². The molecule has 4 rings (SSSR count). The summed E-state index contributed by atoms with van der Waals surface area (Å²) in [6, 6.07) is 6.36. The minimum absolute atomic E-state index is 0.0556. The van der Waals surface area contributed by atoms with Crippen molar-refractivity contribution < 1.29 is 14.4 Å². The number of fused-ring (bicyclic) bond motifs is 3. The summed E-state index contributed by atoms with van der Waals surface area (Å²) in [5.41, 5.74) is 1.14. The van der Waals surface area contributed by atoms with Crippen molar-refractivity contribution in [3.8, 4) is 0 Å². The Balaban J connectivity index is 1.64. The van der Waals surface area contributed by atoms with Crippen LogP contribution in [0.25, 0.3) is 0 Å². The zero-order valence-electron chi connectivity index (χ0n) is 17.7. The lowest BCUT2D eigenvalue weighted by Crippen LogP contribution is -2.52. The first kappa shape index (κ1) is 20.5. The van der Waals surface area contributed by atoms with Crippen molar-refractivity contribution in [2.75, 3.05) is 18.6 Å². The lowest BCUT2D eigenvalue weighted by molar-refractivity contribution is -0.136. The van der Waals surface area contributed by atoms with Gasteiger partial charge in [0.05, 0.1) is 11.1 Å². The second-order valence-corrected chi connectivity index (χ2v) is 11.0. The Morgan fingerprint density at radius 3 is 2.34 bits per heavy atom. The standard InChI is InChI=1S/C23H30N2O3S/c1-22(2)11-15-12-23(3,13-22)14-24(15)21(28)18(9-10-29-4)25-19(26)16-7-5-6-8-17(16)20(25)27/h5-8,15,18H,9-14H2,1-4H3/t15-,18-,23+/m1/s1. The molecule has 1 aliphatic carbocycles. The van der Waals surface area contributed by atoms with Crippen LogP contribution < -0.4 is 0 Å². The number of likely N-dealkylation sites (tertiary alicyclic amines) is 1. The SMILES string of the molecule is CSCC[C@H](C(=O)N1C[C@@]2(C)C[C@H]1CC(C)(C)C2)N1C(=O)c2ccccc2C1=O. The van der Waals surface area contributed by atoms with Gasteiger partial charge >= 0.3 is 0 Å². The molecule has 1 saturated carbocycles. The van der Waals surface area contributed by atoms with Crippen molar-refractivity contribution in [3.05, 3.63) is 35.4 Å². The van der Waals surface area contributed by atoms with Crippen LogP contribution in [0.3, 0.4) is 0 Å². The molecule has 1 aromatic carbocycles. The molecule has 2 heterocycles. The number of nitrogens with zero attached hydrogens (tertiary/aromatic N) is 2. The average Bonchev–Trinajstić information content (AvgIpc) is 3.05. The van der Waals surface area contributed by atoms with Gasteiger partial charge in [0.1, 0.15) is 6.04 Å². The number of benzene rings is 1. The van der Waals surface area contributed by atoms with Gasteiger partial charge in [-0.3, -0.25) is 19.3 Å². The molecule has 2 bridgehead atoms. The maximum absolute atomic E-state index is 13.7. The number of amides is 3. The second-order valence-electron chi connectivity index (χ2n) is 10.0. The molecule has 156 valence electrons. The summed E-state index contributed by atoms with van der Waals surface area (Å²) >= 11 is 1.63. The zero-order chi connectivity index (χ0) is 21.0. The minimum atomic E-state index is -0.721. The lowest BCUT2D eigenvalue weighted by atomic mass is 9.65. The summed E-state index contributed by atoms with van der Waals surface area (Å²) in [7, 11) is 0. The molecule has 0 unspecified atom stereocenters. The molecule has 0 radical (unpaired) electrons. The largest absolute Gasteiger partial charge is 0.337 e. The van der Waals surface area contributed by atoms with Crippen LogP contribution in [0.15, 0.2) is 24.3 Å². The summed E-state index contributed by atoms with van der Waals surface area (Å²) in [6.07, 6.45) is 5.57. The highest BCUT2D eigenvalue weighted by Gasteiger charge is 2.53. The van der Waals surface area contributed by atoms with Crippen molar-refractivity contribution in [3.63, 3.8) is 0 Å². The number of carbonyl (C=O) groups is 3. The molecule has 2 aliphatic heterocycles. The van der Waals surface area contributed by atoms with Gasteiger partial charge in [-0.25, -0.2) is 0 Å². The summed E-state index contributed by atoms with van der Waals surface area (Å²) < 4.78 is 0. The molecule has 5 nitrogen and oxygen atoms in total. The quantitative estimate of drug-likeness (QED) is 0.687. The highest BCUT2D eigenvalue weighted by atomic mass is 32.2. The van der Waals surface area contributed by atoms with Crippen molar-refractivity contribution in [2.24, 2.45) is 10.8 Å². The van der Waals surface area contributed by atoms with Gasteiger partial charge in [0, 0.05) is 12.6 Å². The van der Waals surface area contributed by atoms with Crippen molar-refractivity contribution in [2.45, 2.75) is 58.5 Å². The highest BCUT2D eigenvalue weighted by molar-refractivity contribution is 7.98.